The van der Waals surface area contributed by atoms with E-state index in [9.17, 15) is 4.79 Å². The molecule has 0 aliphatic carbocycles. The number of hydrogen-bond acceptors (Lipinski definition) is 2. The normalized spacial score (nSPS) is 10.7. The first kappa shape index (κ1) is 16.1. The number of carbonyl (C=O) groups excluding carboxylic acids is 1. The molecule has 0 aliphatic rings. The van der Waals surface area contributed by atoms with Crippen molar-refractivity contribution in [3.63, 3.8) is 0 Å². The van der Waals surface area contributed by atoms with Crippen molar-refractivity contribution in [1.82, 2.24) is 4.90 Å². The van der Waals surface area contributed by atoms with Gasteiger partial charge in [-0.05, 0) is 36.6 Å². The van der Waals surface area contributed by atoms with Crippen molar-refractivity contribution in [3.8, 4) is 0 Å². The Kier molecular flexibility index (Phi) is 7.65. The van der Waals surface area contributed by atoms with Gasteiger partial charge >= 0.3 is 0 Å². The van der Waals surface area contributed by atoms with Crippen molar-refractivity contribution in [3.05, 3.63) is 30.3 Å². The van der Waals surface area contributed by atoms with E-state index in [1.165, 1.54) is 4.90 Å². The van der Waals surface area contributed by atoms with Gasteiger partial charge in [0.25, 0.3) is 0 Å². The molecule has 0 unspecified atom stereocenters. The molecule has 0 spiro atoms. The van der Waals surface area contributed by atoms with Crippen LogP contribution >= 0.6 is 11.8 Å². The molecule has 106 valence electrons. The molecule has 1 aromatic carbocycles. The maximum absolute atomic E-state index is 11.9. The van der Waals surface area contributed by atoms with Gasteiger partial charge in [0.2, 0.25) is 5.91 Å². The predicted molar refractivity (Wildman–Crippen MR) is 83.5 cm³/mol. The quantitative estimate of drug-likeness (QED) is 0.528. The Morgan fingerprint density at radius 3 is 2.58 bits per heavy atom. The molecule has 1 rings (SSSR count). The summed E-state index contributed by atoms with van der Waals surface area (Å²) in [5.41, 5.74) is 0. The Balaban J connectivity index is 2.13. The SMILES string of the molecule is CC(C)CCN(C)C(=O)CCCSc1ccccc1. The third-order valence-corrected chi connectivity index (χ3v) is 4.11. The molecule has 3 heteroatoms. The van der Waals surface area contributed by atoms with Gasteiger partial charge in [-0.1, -0.05) is 32.0 Å². The van der Waals surface area contributed by atoms with Gasteiger partial charge in [0.15, 0.2) is 0 Å². The van der Waals surface area contributed by atoms with Crippen LogP contribution in [0.5, 0.6) is 0 Å². The van der Waals surface area contributed by atoms with Crippen LogP contribution in [0.4, 0.5) is 0 Å². The third kappa shape index (κ3) is 7.26. The summed E-state index contributed by atoms with van der Waals surface area (Å²) < 4.78 is 0. The highest BCUT2D eigenvalue weighted by Crippen LogP contribution is 2.18. The lowest BCUT2D eigenvalue weighted by Crippen LogP contribution is -2.28. The zero-order chi connectivity index (χ0) is 14.1. The number of carbonyl (C=O) groups is 1. The summed E-state index contributed by atoms with van der Waals surface area (Å²) in [5, 5.41) is 0. The van der Waals surface area contributed by atoms with Gasteiger partial charge in [-0.25, -0.2) is 0 Å². The van der Waals surface area contributed by atoms with Crippen LogP contribution in [0.25, 0.3) is 0 Å². The summed E-state index contributed by atoms with van der Waals surface area (Å²) >= 11 is 1.82. The monoisotopic (exact) mass is 279 g/mol. The average molecular weight is 279 g/mol. The van der Waals surface area contributed by atoms with Gasteiger partial charge in [0.05, 0.1) is 0 Å². The molecule has 0 fully saturated rings. The number of benzene rings is 1. The zero-order valence-electron chi connectivity index (χ0n) is 12.3. The van der Waals surface area contributed by atoms with E-state index in [0.717, 1.165) is 25.1 Å². The number of thioether (sulfide) groups is 1. The fourth-order valence-electron chi connectivity index (χ4n) is 1.70. The Hall–Kier alpha value is -0.960. The molecular formula is C16H25NOS. The fraction of sp³-hybridized carbons (Fsp3) is 0.562. The molecule has 0 heterocycles. The molecule has 0 aliphatic heterocycles. The van der Waals surface area contributed by atoms with E-state index in [2.05, 4.69) is 26.0 Å². The van der Waals surface area contributed by atoms with Crippen molar-refractivity contribution in [2.75, 3.05) is 19.3 Å². The van der Waals surface area contributed by atoms with E-state index in [-0.39, 0.29) is 5.91 Å². The second-order valence-corrected chi connectivity index (χ2v) is 6.43. The maximum Gasteiger partial charge on any atom is 0.222 e. The van der Waals surface area contributed by atoms with Crippen molar-refractivity contribution in [1.29, 1.82) is 0 Å². The van der Waals surface area contributed by atoms with Crippen molar-refractivity contribution < 1.29 is 4.79 Å². The fourth-order valence-corrected chi connectivity index (χ4v) is 2.57. The predicted octanol–water partition coefficient (Wildman–Crippen LogP) is 4.06. The summed E-state index contributed by atoms with van der Waals surface area (Å²) in [5.74, 6) is 1.94. The zero-order valence-corrected chi connectivity index (χ0v) is 13.1. The number of rotatable bonds is 8. The van der Waals surface area contributed by atoms with E-state index < -0.39 is 0 Å². The van der Waals surface area contributed by atoms with E-state index in [1.54, 1.807) is 0 Å². The summed E-state index contributed by atoms with van der Waals surface area (Å²) in [6.07, 6.45) is 2.69. The lowest BCUT2D eigenvalue weighted by atomic mass is 10.1. The molecule has 0 saturated heterocycles. The third-order valence-electron chi connectivity index (χ3n) is 3.01. The van der Waals surface area contributed by atoms with Crippen LogP contribution in [0.2, 0.25) is 0 Å². The molecular weight excluding hydrogens is 254 g/mol. The van der Waals surface area contributed by atoms with E-state index in [0.29, 0.717) is 12.3 Å². The van der Waals surface area contributed by atoms with Crippen LogP contribution in [0.15, 0.2) is 35.2 Å². The average Bonchev–Trinajstić information content (AvgIpc) is 2.41. The highest BCUT2D eigenvalue weighted by Gasteiger charge is 2.08. The van der Waals surface area contributed by atoms with E-state index in [4.69, 9.17) is 0 Å². The van der Waals surface area contributed by atoms with Gasteiger partial charge in [0, 0.05) is 24.9 Å². The number of nitrogens with zero attached hydrogens (tertiary/aromatic N) is 1. The lowest BCUT2D eigenvalue weighted by Gasteiger charge is -2.18. The van der Waals surface area contributed by atoms with Crippen molar-refractivity contribution in [2.24, 2.45) is 5.92 Å². The van der Waals surface area contributed by atoms with Crippen LogP contribution in [0.3, 0.4) is 0 Å². The number of hydrogen-bond donors (Lipinski definition) is 0. The second kappa shape index (κ2) is 9.03. The van der Waals surface area contributed by atoms with Gasteiger partial charge in [0.1, 0.15) is 0 Å². The first-order valence-corrected chi connectivity index (χ1v) is 8.00. The first-order valence-electron chi connectivity index (χ1n) is 7.01. The van der Waals surface area contributed by atoms with Gasteiger partial charge in [-0.2, -0.15) is 0 Å². The highest BCUT2D eigenvalue weighted by atomic mass is 32.2. The summed E-state index contributed by atoms with van der Waals surface area (Å²) in [6, 6.07) is 10.3. The Morgan fingerprint density at radius 1 is 1.26 bits per heavy atom. The van der Waals surface area contributed by atoms with Crippen LogP contribution in [-0.2, 0) is 4.79 Å². The first-order chi connectivity index (χ1) is 9.09. The molecule has 1 amide bonds. The molecule has 19 heavy (non-hydrogen) atoms. The molecule has 0 atom stereocenters. The van der Waals surface area contributed by atoms with Crippen molar-refractivity contribution in [2.45, 2.75) is 38.0 Å². The van der Waals surface area contributed by atoms with Crippen LogP contribution in [0, 0.1) is 5.92 Å². The lowest BCUT2D eigenvalue weighted by molar-refractivity contribution is -0.130. The summed E-state index contributed by atoms with van der Waals surface area (Å²) in [7, 11) is 1.91. The number of amides is 1. The molecule has 0 bridgehead atoms. The standard InChI is InChI=1S/C16H25NOS/c1-14(2)11-12-17(3)16(18)10-7-13-19-15-8-5-4-6-9-15/h4-6,8-9,14H,7,10-13H2,1-3H3. The van der Waals surface area contributed by atoms with Crippen LogP contribution in [0.1, 0.15) is 33.1 Å². The molecule has 0 saturated carbocycles. The summed E-state index contributed by atoms with van der Waals surface area (Å²) in [6.45, 7) is 5.26. The maximum atomic E-state index is 11.9. The molecule has 0 aromatic heterocycles. The Morgan fingerprint density at radius 2 is 1.95 bits per heavy atom. The Bertz CT molecular complexity index is 364. The largest absolute Gasteiger partial charge is 0.346 e. The van der Waals surface area contributed by atoms with Gasteiger partial charge in [-0.3, -0.25) is 4.79 Å². The Labute approximate surface area is 121 Å². The van der Waals surface area contributed by atoms with Crippen LogP contribution in [-0.4, -0.2) is 30.2 Å². The van der Waals surface area contributed by atoms with E-state index >= 15 is 0 Å². The minimum atomic E-state index is 0.273. The minimum absolute atomic E-state index is 0.273. The van der Waals surface area contributed by atoms with Gasteiger partial charge < -0.3 is 4.90 Å². The second-order valence-electron chi connectivity index (χ2n) is 5.26. The summed E-state index contributed by atoms with van der Waals surface area (Å²) in [4.78, 5) is 15.0. The molecule has 2 nitrogen and oxygen atoms in total. The van der Waals surface area contributed by atoms with Crippen LogP contribution < -0.4 is 0 Å². The topological polar surface area (TPSA) is 20.3 Å². The van der Waals surface area contributed by atoms with Crippen molar-refractivity contribution >= 4 is 17.7 Å². The van der Waals surface area contributed by atoms with E-state index in [1.807, 2.05) is 41.9 Å². The molecule has 1 aromatic rings. The van der Waals surface area contributed by atoms with Gasteiger partial charge in [-0.15, -0.1) is 11.8 Å². The molecule has 0 radical (unpaired) electrons. The minimum Gasteiger partial charge on any atom is -0.346 e. The smallest absolute Gasteiger partial charge is 0.222 e. The molecule has 0 N–H and O–H groups in total. The highest BCUT2D eigenvalue weighted by molar-refractivity contribution is 7.99.